The average molecular weight is 500 g/mol. The molecule has 0 atom stereocenters. The average Bonchev–Trinajstić information content (AvgIpc) is 3.34. The fourth-order valence-electron chi connectivity index (χ4n) is 3.34. The molecule has 2 heterocycles. The van der Waals surface area contributed by atoms with Crippen molar-refractivity contribution in [2.45, 2.75) is 26.2 Å². The van der Waals surface area contributed by atoms with Gasteiger partial charge < -0.3 is 20.9 Å². The highest BCUT2D eigenvalue weighted by atomic mass is 35.5. The van der Waals surface area contributed by atoms with Crippen LogP contribution < -0.4 is 16.0 Å². The Balaban J connectivity index is 1.59. The van der Waals surface area contributed by atoms with E-state index in [0.717, 1.165) is 11.3 Å². The number of fused-ring (bicyclic) bond motifs is 1. The minimum atomic E-state index is -0.438. The van der Waals surface area contributed by atoms with Gasteiger partial charge in [-0.05, 0) is 24.3 Å². The first-order valence-corrected chi connectivity index (χ1v) is 11.2. The summed E-state index contributed by atoms with van der Waals surface area (Å²) in [4.78, 5) is 27.7. The topological polar surface area (TPSA) is 116 Å². The highest BCUT2D eigenvalue weighted by Crippen LogP contribution is 2.32. The summed E-state index contributed by atoms with van der Waals surface area (Å²) < 4.78 is 1.48. The fraction of sp³-hybridized carbons (Fsp3) is 0.217. The van der Waals surface area contributed by atoms with E-state index in [4.69, 9.17) is 23.2 Å². The van der Waals surface area contributed by atoms with Crippen molar-refractivity contribution in [3.8, 4) is 11.4 Å². The molecular formula is C23H23Cl2N7O2. The molecule has 0 spiro atoms. The number of carbonyl (C=O) groups is 2. The summed E-state index contributed by atoms with van der Waals surface area (Å²) in [5, 5.41) is 17.5. The van der Waals surface area contributed by atoms with E-state index in [2.05, 4.69) is 31.1 Å². The largest absolute Gasteiger partial charge is 0.341 e. The zero-order chi connectivity index (χ0) is 24.6. The minimum Gasteiger partial charge on any atom is -0.341 e. The third-order valence-corrected chi connectivity index (χ3v) is 5.83. The zero-order valence-electron chi connectivity index (χ0n) is 19.0. The number of anilines is 2. The lowest BCUT2D eigenvalue weighted by Crippen LogP contribution is -2.25. The van der Waals surface area contributed by atoms with Crippen molar-refractivity contribution < 1.29 is 9.59 Å². The minimum absolute atomic E-state index is 0.135. The smallest absolute Gasteiger partial charge is 0.319 e. The van der Waals surface area contributed by atoms with Crippen molar-refractivity contribution in [1.82, 2.24) is 25.1 Å². The molecule has 3 amide bonds. The van der Waals surface area contributed by atoms with E-state index in [1.807, 2.05) is 26.8 Å². The maximum Gasteiger partial charge on any atom is 0.319 e. The van der Waals surface area contributed by atoms with E-state index in [9.17, 15) is 9.59 Å². The lowest BCUT2D eigenvalue weighted by atomic mass is 9.92. The molecule has 11 heteroatoms. The van der Waals surface area contributed by atoms with E-state index in [1.54, 1.807) is 36.4 Å². The zero-order valence-corrected chi connectivity index (χ0v) is 20.5. The van der Waals surface area contributed by atoms with Crippen molar-refractivity contribution >= 4 is 52.2 Å². The molecule has 0 unspecified atom stereocenters. The summed E-state index contributed by atoms with van der Waals surface area (Å²) in [7, 11) is 1.49. The molecule has 2 aromatic heterocycles. The van der Waals surface area contributed by atoms with E-state index in [0.29, 0.717) is 27.9 Å². The summed E-state index contributed by atoms with van der Waals surface area (Å²) in [6.07, 6.45) is 0. The first-order chi connectivity index (χ1) is 16.1. The predicted octanol–water partition coefficient (Wildman–Crippen LogP) is 5.33. The highest BCUT2D eigenvalue weighted by Gasteiger charge is 2.25. The predicted molar refractivity (Wildman–Crippen MR) is 134 cm³/mol. The number of urea groups is 1. The Morgan fingerprint density at radius 2 is 1.74 bits per heavy atom. The number of nitrogens with zero attached hydrogens (tertiary/aromatic N) is 3. The lowest BCUT2D eigenvalue weighted by Gasteiger charge is -2.14. The molecule has 2 aromatic carbocycles. The number of hydrogen-bond acceptors (Lipinski definition) is 4. The van der Waals surface area contributed by atoms with Gasteiger partial charge in [0.05, 0.1) is 22.0 Å². The van der Waals surface area contributed by atoms with E-state index in [-0.39, 0.29) is 16.0 Å². The van der Waals surface area contributed by atoms with E-state index >= 15 is 0 Å². The third kappa shape index (κ3) is 4.57. The maximum atomic E-state index is 12.9. The molecule has 34 heavy (non-hydrogen) atoms. The van der Waals surface area contributed by atoms with Gasteiger partial charge in [-0.25, -0.2) is 4.79 Å². The first kappa shape index (κ1) is 23.6. The Hall–Kier alpha value is -3.56. The van der Waals surface area contributed by atoms with Crippen LogP contribution in [0.5, 0.6) is 0 Å². The van der Waals surface area contributed by atoms with Crippen molar-refractivity contribution in [3.63, 3.8) is 0 Å². The van der Waals surface area contributed by atoms with Gasteiger partial charge in [-0.2, -0.15) is 5.10 Å². The van der Waals surface area contributed by atoms with Crippen LogP contribution in [-0.2, 0) is 5.41 Å². The molecule has 0 fully saturated rings. The second-order valence-corrected chi connectivity index (χ2v) is 9.39. The van der Waals surface area contributed by atoms with Crippen LogP contribution in [0.15, 0.2) is 42.5 Å². The van der Waals surface area contributed by atoms with Crippen LogP contribution in [0.1, 0.15) is 36.8 Å². The summed E-state index contributed by atoms with van der Waals surface area (Å²) in [6.45, 7) is 6.10. The molecule has 0 aliphatic heterocycles. The van der Waals surface area contributed by atoms with Crippen LogP contribution in [-0.4, -0.2) is 38.8 Å². The molecule has 0 aliphatic rings. The Morgan fingerprint density at radius 3 is 2.41 bits per heavy atom. The van der Waals surface area contributed by atoms with Crippen LogP contribution >= 0.6 is 23.2 Å². The molecule has 0 aliphatic carbocycles. The Labute approximate surface area is 205 Å². The summed E-state index contributed by atoms with van der Waals surface area (Å²) in [5.41, 5.74) is 2.96. The molecule has 4 N–H and O–H groups in total. The number of rotatable bonds is 4. The molecule has 4 rings (SSSR count). The van der Waals surface area contributed by atoms with Crippen molar-refractivity contribution in [1.29, 1.82) is 0 Å². The number of halogens is 2. The SMILES string of the molecule is CNC(=O)Nc1cccc(C(=O)Nc2cccc(-c3nn4nc(C(C)(C)C)c(Cl)c4[nH]3)c2)c1Cl. The summed E-state index contributed by atoms with van der Waals surface area (Å²) in [6, 6.07) is 11.6. The number of hydrogen-bond donors (Lipinski definition) is 4. The normalized spacial score (nSPS) is 11.5. The third-order valence-electron chi connectivity index (χ3n) is 5.06. The van der Waals surface area contributed by atoms with Gasteiger partial charge in [-0.3, -0.25) is 4.79 Å². The second kappa shape index (κ2) is 9.00. The van der Waals surface area contributed by atoms with Gasteiger partial charge in [-0.1, -0.05) is 62.2 Å². The maximum absolute atomic E-state index is 12.9. The fourth-order valence-corrected chi connectivity index (χ4v) is 4.04. The summed E-state index contributed by atoms with van der Waals surface area (Å²) in [5.74, 6) is 0.130. The Bertz CT molecular complexity index is 1400. The molecule has 0 bridgehead atoms. The van der Waals surface area contributed by atoms with Gasteiger partial charge in [-0.15, -0.1) is 9.73 Å². The quantitative estimate of drug-likeness (QED) is 0.303. The van der Waals surface area contributed by atoms with Gasteiger partial charge in [0.15, 0.2) is 11.5 Å². The second-order valence-electron chi connectivity index (χ2n) is 8.63. The van der Waals surface area contributed by atoms with Crippen LogP contribution in [0.4, 0.5) is 16.2 Å². The molecule has 0 saturated heterocycles. The Morgan fingerprint density at radius 1 is 1.00 bits per heavy atom. The van der Waals surface area contributed by atoms with Gasteiger partial charge >= 0.3 is 6.03 Å². The molecule has 0 radical (unpaired) electrons. The van der Waals surface area contributed by atoms with Gasteiger partial charge in [0, 0.05) is 23.7 Å². The van der Waals surface area contributed by atoms with Crippen LogP contribution in [0.2, 0.25) is 10.0 Å². The monoisotopic (exact) mass is 499 g/mol. The van der Waals surface area contributed by atoms with Crippen molar-refractivity contribution in [2.75, 3.05) is 17.7 Å². The molecular weight excluding hydrogens is 477 g/mol. The lowest BCUT2D eigenvalue weighted by molar-refractivity contribution is 0.102. The number of aromatic nitrogens is 4. The van der Waals surface area contributed by atoms with Crippen molar-refractivity contribution in [2.24, 2.45) is 0 Å². The first-order valence-electron chi connectivity index (χ1n) is 10.4. The molecule has 176 valence electrons. The van der Waals surface area contributed by atoms with Crippen LogP contribution in [0, 0.1) is 0 Å². The number of H-pyrrole nitrogens is 1. The number of carbonyl (C=O) groups excluding carboxylic acids is 2. The molecule has 9 nitrogen and oxygen atoms in total. The van der Waals surface area contributed by atoms with Crippen LogP contribution in [0.3, 0.4) is 0 Å². The van der Waals surface area contributed by atoms with Gasteiger partial charge in [0.1, 0.15) is 5.02 Å². The molecule has 4 aromatic rings. The molecule has 0 saturated carbocycles. The number of benzene rings is 2. The van der Waals surface area contributed by atoms with Gasteiger partial charge in [0.25, 0.3) is 5.91 Å². The highest BCUT2D eigenvalue weighted by molar-refractivity contribution is 6.37. The number of nitrogens with one attached hydrogen (secondary N) is 4. The standard InChI is InChI=1S/C23H23Cl2N7O2/c1-23(2,3)18-17(25)20-29-19(31-32(20)30-18)12-7-5-8-13(11-12)27-21(33)14-9-6-10-15(16(14)24)28-22(34)26-4/h5-11H,1-4H3,(H,27,33)(H,29,31)(H2,26,28,34). The Kier molecular flexibility index (Phi) is 6.24. The van der Waals surface area contributed by atoms with Crippen LogP contribution in [0.25, 0.3) is 17.0 Å². The number of amides is 3. The van der Waals surface area contributed by atoms with E-state index in [1.165, 1.54) is 11.7 Å². The summed E-state index contributed by atoms with van der Waals surface area (Å²) >= 11 is 12.9. The van der Waals surface area contributed by atoms with Gasteiger partial charge in [0.2, 0.25) is 0 Å². The number of aromatic amines is 1. The van der Waals surface area contributed by atoms with Crippen molar-refractivity contribution in [3.05, 3.63) is 63.8 Å². The van der Waals surface area contributed by atoms with E-state index < -0.39 is 11.9 Å².